The van der Waals surface area contributed by atoms with E-state index in [4.69, 9.17) is 16.3 Å². The Kier molecular flexibility index (Phi) is 6.93. The summed E-state index contributed by atoms with van der Waals surface area (Å²) in [7, 11) is -1.01. The minimum Gasteiger partial charge on any atom is -0.494 e. The molecule has 0 aliphatic rings. The number of nitrogens with one attached hydrogen (secondary N) is 1. The van der Waals surface area contributed by atoms with E-state index >= 15 is 0 Å². The molecule has 9 heteroatoms. The minimum absolute atomic E-state index is 0.0122. The molecule has 0 aromatic heterocycles. The number of nitrogens with zero attached hydrogens (tertiary/aromatic N) is 1. The van der Waals surface area contributed by atoms with Gasteiger partial charge in [-0.15, -0.1) is 0 Å². The van der Waals surface area contributed by atoms with Crippen molar-refractivity contribution in [3.63, 3.8) is 0 Å². The fourth-order valence-corrected chi connectivity index (χ4v) is 4.62. The van der Waals surface area contributed by atoms with Crippen molar-refractivity contribution in [2.75, 3.05) is 14.2 Å². The lowest BCUT2D eigenvalue weighted by Crippen LogP contribution is -2.40. The van der Waals surface area contributed by atoms with Gasteiger partial charge in [0.25, 0.3) is 5.91 Å². The van der Waals surface area contributed by atoms with Crippen LogP contribution in [0.2, 0.25) is 5.02 Å². The molecule has 0 saturated heterocycles. The Hall–Kier alpha value is -2.16. The molecule has 0 bridgehead atoms. The maximum atomic E-state index is 13.9. The molecule has 0 radical (unpaired) electrons. The van der Waals surface area contributed by atoms with Crippen LogP contribution in [0.25, 0.3) is 0 Å². The Morgan fingerprint density at radius 3 is 2.41 bits per heavy atom. The number of hydrogen-bond acceptors (Lipinski definition) is 4. The van der Waals surface area contributed by atoms with Gasteiger partial charge < -0.3 is 9.64 Å². The maximum absolute atomic E-state index is 13.9. The van der Waals surface area contributed by atoms with Crippen LogP contribution in [0.15, 0.2) is 41.3 Å². The Balaban J connectivity index is 2.28. The van der Waals surface area contributed by atoms with Crippen LogP contribution in [0, 0.1) is 5.82 Å². The van der Waals surface area contributed by atoms with E-state index in [1.807, 2.05) is 0 Å². The minimum atomic E-state index is -3.92. The molecule has 29 heavy (non-hydrogen) atoms. The topological polar surface area (TPSA) is 75.7 Å². The van der Waals surface area contributed by atoms with E-state index in [2.05, 4.69) is 4.72 Å². The van der Waals surface area contributed by atoms with Gasteiger partial charge in [0.2, 0.25) is 10.0 Å². The van der Waals surface area contributed by atoms with Gasteiger partial charge >= 0.3 is 0 Å². The number of benzene rings is 2. The zero-order valence-electron chi connectivity index (χ0n) is 16.9. The van der Waals surface area contributed by atoms with Crippen molar-refractivity contribution in [3.05, 3.63) is 58.4 Å². The number of ether oxygens (including phenoxy) is 1. The average molecular weight is 443 g/mol. The van der Waals surface area contributed by atoms with E-state index in [1.165, 1.54) is 42.3 Å². The van der Waals surface area contributed by atoms with Crippen LogP contribution in [0.3, 0.4) is 0 Å². The number of carbonyl (C=O) groups is 1. The van der Waals surface area contributed by atoms with Crippen molar-refractivity contribution >= 4 is 27.5 Å². The molecule has 0 saturated carbocycles. The molecule has 0 heterocycles. The van der Waals surface area contributed by atoms with Crippen LogP contribution in [0.5, 0.6) is 5.75 Å². The molecular formula is C20H24ClFN2O4S. The van der Waals surface area contributed by atoms with Crippen molar-refractivity contribution < 1.29 is 22.3 Å². The zero-order chi connectivity index (χ0) is 22.0. The fourth-order valence-electron chi connectivity index (χ4n) is 2.67. The van der Waals surface area contributed by atoms with Crippen LogP contribution in [0.1, 0.15) is 36.7 Å². The first-order valence-electron chi connectivity index (χ1n) is 8.75. The Bertz CT molecular complexity index is 1020. The summed E-state index contributed by atoms with van der Waals surface area (Å²) in [5, 5.41) is 0.0122. The predicted molar refractivity (Wildman–Crippen MR) is 110 cm³/mol. The van der Waals surface area contributed by atoms with Gasteiger partial charge in [0.15, 0.2) is 11.6 Å². The third-order valence-corrected chi connectivity index (χ3v) is 6.13. The smallest absolute Gasteiger partial charge is 0.253 e. The first-order valence-corrected chi connectivity index (χ1v) is 10.6. The average Bonchev–Trinajstić information content (AvgIpc) is 2.59. The van der Waals surface area contributed by atoms with E-state index in [-0.39, 0.29) is 27.8 Å². The van der Waals surface area contributed by atoms with Gasteiger partial charge in [-0.05, 0) is 56.7 Å². The van der Waals surface area contributed by atoms with Gasteiger partial charge in [-0.25, -0.2) is 17.5 Å². The van der Waals surface area contributed by atoms with Crippen LogP contribution in [-0.2, 0) is 16.6 Å². The Labute approximate surface area is 175 Å². The molecule has 1 N–H and O–H groups in total. The number of sulfonamides is 1. The summed E-state index contributed by atoms with van der Waals surface area (Å²) in [5.74, 6) is -0.842. The molecule has 2 aromatic carbocycles. The molecule has 0 aliphatic carbocycles. The van der Waals surface area contributed by atoms with Crippen LogP contribution in [0.4, 0.5) is 4.39 Å². The molecule has 0 fully saturated rings. The summed E-state index contributed by atoms with van der Waals surface area (Å²) >= 11 is 6.07. The molecule has 0 aliphatic heterocycles. The zero-order valence-corrected chi connectivity index (χ0v) is 18.5. The highest BCUT2D eigenvalue weighted by molar-refractivity contribution is 7.89. The summed E-state index contributed by atoms with van der Waals surface area (Å²) in [6, 6.07) is 8.47. The highest BCUT2D eigenvalue weighted by Gasteiger charge is 2.26. The monoisotopic (exact) mass is 442 g/mol. The lowest BCUT2D eigenvalue weighted by atomic mass is 10.1. The molecule has 158 valence electrons. The SMILES string of the molecule is COc1ccc(CN(C)C(=O)c2ccc(Cl)c(S(=O)(=O)NC(C)(C)C)c2)cc1F. The van der Waals surface area contributed by atoms with Crippen LogP contribution in [-0.4, -0.2) is 38.9 Å². The molecule has 2 aromatic rings. The van der Waals surface area contributed by atoms with E-state index in [9.17, 15) is 17.6 Å². The van der Waals surface area contributed by atoms with Crippen molar-refractivity contribution in [1.29, 1.82) is 0 Å². The van der Waals surface area contributed by atoms with E-state index < -0.39 is 27.3 Å². The van der Waals surface area contributed by atoms with Gasteiger partial charge in [0.1, 0.15) is 4.90 Å². The second kappa shape index (κ2) is 8.69. The lowest BCUT2D eigenvalue weighted by molar-refractivity contribution is 0.0784. The highest BCUT2D eigenvalue weighted by Crippen LogP contribution is 2.25. The quantitative estimate of drug-likeness (QED) is 0.737. The standard InChI is InChI=1S/C20H24ClFN2O4S/c1-20(2,3)23-29(26,27)18-11-14(7-8-15(18)21)19(25)24(4)12-13-6-9-17(28-5)16(22)10-13/h6-11,23H,12H2,1-5H3. The second-order valence-corrected chi connectivity index (χ2v) is 9.69. The first kappa shape index (κ1) is 23.1. The largest absolute Gasteiger partial charge is 0.494 e. The summed E-state index contributed by atoms with van der Waals surface area (Å²) < 4.78 is 46.5. The lowest BCUT2D eigenvalue weighted by Gasteiger charge is -2.22. The second-order valence-electron chi connectivity index (χ2n) is 7.63. The normalized spacial score (nSPS) is 12.0. The molecule has 0 atom stereocenters. The highest BCUT2D eigenvalue weighted by atomic mass is 35.5. The predicted octanol–water partition coefficient (Wildman–Crippen LogP) is 3.84. The maximum Gasteiger partial charge on any atom is 0.253 e. The molecular weight excluding hydrogens is 419 g/mol. The number of methoxy groups -OCH3 is 1. The molecule has 2 rings (SSSR count). The summed E-state index contributed by atoms with van der Waals surface area (Å²) in [6.07, 6.45) is 0. The Morgan fingerprint density at radius 1 is 1.21 bits per heavy atom. The molecule has 6 nitrogen and oxygen atoms in total. The van der Waals surface area contributed by atoms with Gasteiger partial charge in [-0.3, -0.25) is 4.79 Å². The van der Waals surface area contributed by atoms with E-state index in [0.717, 1.165) is 0 Å². The summed E-state index contributed by atoms with van der Waals surface area (Å²) in [6.45, 7) is 5.24. The number of amides is 1. The number of halogens is 2. The van der Waals surface area contributed by atoms with Crippen LogP contribution < -0.4 is 9.46 Å². The van der Waals surface area contributed by atoms with Crippen molar-refractivity contribution in [3.8, 4) is 5.75 Å². The van der Waals surface area contributed by atoms with Gasteiger partial charge in [0, 0.05) is 24.7 Å². The number of carbonyl (C=O) groups excluding carboxylic acids is 1. The van der Waals surface area contributed by atoms with E-state index in [1.54, 1.807) is 33.9 Å². The fraction of sp³-hybridized carbons (Fsp3) is 0.350. The molecule has 0 unspecified atom stereocenters. The van der Waals surface area contributed by atoms with E-state index in [0.29, 0.717) is 5.56 Å². The van der Waals surface area contributed by atoms with Crippen LogP contribution >= 0.6 is 11.6 Å². The number of rotatable bonds is 6. The molecule has 0 spiro atoms. The van der Waals surface area contributed by atoms with Crippen molar-refractivity contribution in [1.82, 2.24) is 9.62 Å². The summed E-state index contributed by atoms with van der Waals surface area (Å²) in [4.78, 5) is 14.0. The molecule has 1 amide bonds. The first-order chi connectivity index (χ1) is 13.3. The van der Waals surface area contributed by atoms with Gasteiger partial charge in [0.05, 0.1) is 12.1 Å². The summed E-state index contributed by atoms with van der Waals surface area (Å²) in [5.41, 5.74) is 0.00717. The number of hydrogen-bond donors (Lipinski definition) is 1. The van der Waals surface area contributed by atoms with Crippen molar-refractivity contribution in [2.24, 2.45) is 0 Å². The third-order valence-electron chi connectivity index (χ3n) is 3.89. The van der Waals surface area contributed by atoms with Gasteiger partial charge in [-0.1, -0.05) is 17.7 Å². The Morgan fingerprint density at radius 2 is 1.86 bits per heavy atom. The third kappa shape index (κ3) is 5.91. The van der Waals surface area contributed by atoms with Crippen molar-refractivity contribution in [2.45, 2.75) is 37.8 Å². The van der Waals surface area contributed by atoms with Gasteiger partial charge in [-0.2, -0.15) is 0 Å².